The number of para-hydroxylation sites is 2. The zero-order valence-electron chi connectivity index (χ0n) is 16.4. The van der Waals surface area contributed by atoms with Crippen LogP contribution in [0.2, 0.25) is 0 Å². The van der Waals surface area contributed by atoms with E-state index in [1.165, 1.54) is 0 Å². The molecule has 0 unspecified atom stereocenters. The minimum atomic E-state index is -0.128. The second-order valence-electron chi connectivity index (χ2n) is 7.27. The Bertz CT molecular complexity index is 812. The van der Waals surface area contributed by atoms with Gasteiger partial charge < -0.3 is 20.1 Å². The number of anilines is 2. The van der Waals surface area contributed by atoms with E-state index >= 15 is 0 Å². The number of carbonyl (C=O) groups is 2. The van der Waals surface area contributed by atoms with Crippen LogP contribution in [0.25, 0.3) is 0 Å². The summed E-state index contributed by atoms with van der Waals surface area (Å²) in [6.07, 6.45) is 3.55. The Morgan fingerprint density at radius 3 is 2.46 bits per heavy atom. The first kappa shape index (κ1) is 19.9. The van der Waals surface area contributed by atoms with Gasteiger partial charge in [-0.2, -0.15) is 4.98 Å². The molecule has 1 aromatic heterocycles. The number of hydrogen-bond acceptors (Lipinski definition) is 5. The average molecular weight is 385 g/mol. The van der Waals surface area contributed by atoms with Crippen LogP contribution in [0.4, 0.5) is 16.2 Å². The molecule has 8 nitrogen and oxygen atoms in total. The van der Waals surface area contributed by atoms with E-state index < -0.39 is 0 Å². The first-order valence-corrected chi connectivity index (χ1v) is 9.80. The fourth-order valence-electron chi connectivity index (χ4n) is 3.03. The van der Waals surface area contributed by atoms with Crippen LogP contribution in [-0.4, -0.2) is 40.1 Å². The summed E-state index contributed by atoms with van der Waals surface area (Å²) in [4.78, 5) is 30.7. The summed E-state index contributed by atoms with van der Waals surface area (Å²) < 4.78 is 5.19. The first-order valence-electron chi connectivity index (χ1n) is 9.80. The van der Waals surface area contributed by atoms with Gasteiger partial charge in [-0.15, -0.1) is 0 Å². The quantitative estimate of drug-likeness (QED) is 0.755. The maximum absolute atomic E-state index is 12.3. The van der Waals surface area contributed by atoms with Gasteiger partial charge in [-0.05, 0) is 31.4 Å². The van der Waals surface area contributed by atoms with Crippen LogP contribution >= 0.6 is 0 Å². The molecule has 3 rings (SSSR count). The molecule has 0 aliphatic carbocycles. The molecule has 2 aromatic rings. The molecule has 1 fully saturated rings. The molecule has 8 heteroatoms. The molecule has 1 aliphatic rings. The lowest BCUT2D eigenvalue weighted by Gasteiger charge is -2.18. The first-order chi connectivity index (χ1) is 13.5. The zero-order valence-corrected chi connectivity index (χ0v) is 16.4. The molecule has 0 atom stereocenters. The Morgan fingerprint density at radius 2 is 1.82 bits per heavy atom. The van der Waals surface area contributed by atoms with Crippen molar-refractivity contribution in [2.24, 2.45) is 0 Å². The largest absolute Gasteiger partial charge is 0.339 e. The van der Waals surface area contributed by atoms with Gasteiger partial charge in [0.05, 0.1) is 11.4 Å². The highest BCUT2D eigenvalue weighted by Crippen LogP contribution is 2.22. The Kier molecular flexibility index (Phi) is 6.62. The van der Waals surface area contributed by atoms with Crippen molar-refractivity contribution in [1.82, 2.24) is 15.0 Å². The van der Waals surface area contributed by atoms with Gasteiger partial charge in [0.1, 0.15) is 0 Å². The van der Waals surface area contributed by atoms with E-state index in [0.717, 1.165) is 25.9 Å². The van der Waals surface area contributed by atoms with E-state index in [2.05, 4.69) is 20.8 Å². The summed E-state index contributed by atoms with van der Waals surface area (Å²) in [6, 6.07) is 7.10. The van der Waals surface area contributed by atoms with Gasteiger partial charge in [0.2, 0.25) is 11.8 Å². The number of aromatic nitrogens is 2. The van der Waals surface area contributed by atoms with E-state index in [9.17, 15) is 9.59 Å². The van der Waals surface area contributed by atoms with Crippen molar-refractivity contribution in [2.75, 3.05) is 23.7 Å². The average Bonchev–Trinajstić information content (AvgIpc) is 3.35. The standard InChI is InChI=1S/C20H27N5O3/c1-14(2)19-23-18(28-24-19)11-7-10-17(26)21-15-8-3-4-9-16(15)22-20(27)25-12-5-6-13-25/h3-4,8-9,14H,5-7,10-13H2,1-2H3,(H,21,26)(H,22,27). The molecule has 2 N–H and O–H groups in total. The van der Waals surface area contributed by atoms with Gasteiger partial charge in [-0.1, -0.05) is 31.1 Å². The molecule has 0 radical (unpaired) electrons. The lowest BCUT2D eigenvalue weighted by atomic mass is 10.2. The van der Waals surface area contributed by atoms with E-state index in [4.69, 9.17) is 4.52 Å². The van der Waals surface area contributed by atoms with Crippen molar-refractivity contribution in [3.05, 3.63) is 36.0 Å². The highest BCUT2D eigenvalue weighted by Gasteiger charge is 2.19. The van der Waals surface area contributed by atoms with Gasteiger partial charge >= 0.3 is 6.03 Å². The summed E-state index contributed by atoms with van der Waals surface area (Å²) in [6.45, 7) is 5.55. The second kappa shape index (κ2) is 9.34. The monoisotopic (exact) mass is 385 g/mol. The summed E-state index contributed by atoms with van der Waals surface area (Å²) in [7, 11) is 0. The third-order valence-electron chi connectivity index (χ3n) is 4.63. The number of likely N-dealkylation sites (tertiary alicyclic amines) is 1. The fraction of sp³-hybridized carbons (Fsp3) is 0.500. The number of amides is 3. The van der Waals surface area contributed by atoms with E-state index in [0.29, 0.717) is 42.4 Å². The highest BCUT2D eigenvalue weighted by molar-refractivity contribution is 5.99. The third-order valence-corrected chi connectivity index (χ3v) is 4.63. The maximum Gasteiger partial charge on any atom is 0.321 e. The van der Waals surface area contributed by atoms with Gasteiger partial charge in [-0.3, -0.25) is 4.79 Å². The van der Waals surface area contributed by atoms with Crippen molar-refractivity contribution >= 4 is 23.3 Å². The predicted molar refractivity (Wildman–Crippen MR) is 106 cm³/mol. The molecular formula is C20H27N5O3. The molecule has 0 spiro atoms. The number of aryl methyl sites for hydroxylation is 1. The van der Waals surface area contributed by atoms with Crippen LogP contribution in [-0.2, 0) is 11.2 Å². The van der Waals surface area contributed by atoms with Crippen LogP contribution in [0, 0.1) is 0 Å². The predicted octanol–water partition coefficient (Wildman–Crippen LogP) is 3.78. The maximum atomic E-state index is 12.3. The summed E-state index contributed by atoms with van der Waals surface area (Å²) in [5.74, 6) is 1.33. The Morgan fingerprint density at radius 1 is 1.14 bits per heavy atom. The molecule has 1 aromatic carbocycles. The lowest BCUT2D eigenvalue weighted by molar-refractivity contribution is -0.116. The SMILES string of the molecule is CC(C)c1noc(CCCC(=O)Nc2ccccc2NC(=O)N2CCCC2)n1. The molecule has 2 heterocycles. The molecule has 1 saturated heterocycles. The van der Waals surface area contributed by atoms with Crippen LogP contribution < -0.4 is 10.6 Å². The van der Waals surface area contributed by atoms with E-state index in [1.807, 2.05) is 26.0 Å². The highest BCUT2D eigenvalue weighted by atomic mass is 16.5. The Labute approximate surface area is 164 Å². The number of hydrogen-bond donors (Lipinski definition) is 2. The van der Waals surface area contributed by atoms with Crippen LogP contribution in [0.5, 0.6) is 0 Å². The van der Waals surface area contributed by atoms with E-state index in [-0.39, 0.29) is 17.9 Å². The summed E-state index contributed by atoms with van der Waals surface area (Å²) >= 11 is 0. The molecule has 3 amide bonds. The van der Waals surface area contributed by atoms with Crippen molar-refractivity contribution in [1.29, 1.82) is 0 Å². The summed E-state index contributed by atoms with van der Waals surface area (Å²) in [5.41, 5.74) is 1.20. The molecule has 0 bridgehead atoms. The fourth-order valence-corrected chi connectivity index (χ4v) is 3.03. The molecule has 0 saturated carbocycles. The number of rotatable bonds is 7. The van der Waals surface area contributed by atoms with Gasteiger partial charge in [0, 0.05) is 31.8 Å². The number of nitrogens with zero attached hydrogens (tertiary/aromatic N) is 3. The minimum Gasteiger partial charge on any atom is -0.339 e. The van der Waals surface area contributed by atoms with Crippen molar-refractivity contribution in [2.45, 2.75) is 51.9 Å². The number of benzene rings is 1. The van der Waals surface area contributed by atoms with Gasteiger partial charge in [0.15, 0.2) is 5.82 Å². The van der Waals surface area contributed by atoms with Crippen LogP contribution in [0.1, 0.15) is 57.2 Å². The second-order valence-corrected chi connectivity index (χ2v) is 7.27. The Balaban J connectivity index is 1.50. The normalized spacial score (nSPS) is 13.8. The molecule has 150 valence electrons. The Hall–Kier alpha value is -2.90. The zero-order chi connectivity index (χ0) is 19.9. The minimum absolute atomic E-state index is 0.119. The molecule has 28 heavy (non-hydrogen) atoms. The smallest absolute Gasteiger partial charge is 0.321 e. The van der Waals surface area contributed by atoms with Crippen molar-refractivity contribution in [3.63, 3.8) is 0 Å². The van der Waals surface area contributed by atoms with Crippen molar-refractivity contribution in [3.8, 4) is 0 Å². The van der Waals surface area contributed by atoms with E-state index in [1.54, 1.807) is 17.0 Å². The van der Waals surface area contributed by atoms with Crippen LogP contribution in [0.3, 0.4) is 0 Å². The molecule has 1 aliphatic heterocycles. The third kappa shape index (κ3) is 5.31. The molecular weight excluding hydrogens is 358 g/mol. The summed E-state index contributed by atoms with van der Waals surface area (Å²) in [5, 5.41) is 9.69. The van der Waals surface area contributed by atoms with Gasteiger partial charge in [0.25, 0.3) is 0 Å². The number of carbonyl (C=O) groups excluding carboxylic acids is 2. The van der Waals surface area contributed by atoms with Crippen LogP contribution in [0.15, 0.2) is 28.8 Å². The number of nitrogens with one attached hydrogen (secondary N) is 2. The lowest BCUT2D eigenvalue weighted by Crippen LogP contribution is -2.32. The number of urea groups is 1. The van der Waals surface area contributed by atoms with Crippen molar-refractivity contribution < 1.29 is 14.1 Å². The van der Waals surface area contributed by atoms with Gasteiger partial charge in [-0.25, -0.2) is 4.79 Å². The topological polar surface area (TPSA) is 100 Å².